The summed E-state index contributed by atoms with van der Waals surface area (Å²) in [5.74, 6) is -5.53. The van der Waals surface area contributed by atoms with Crippen molar-refractivity contribution in [3.8, 4) is 0 Å². The molecule has 4 N–H and O–H groups in total. The predicted octanol–water partition coefficient (Wildman–Crippen LogP) is 14.5. The van der Waals surface area contributed by atoms with Crippen LogP contribution in [0, 0.1) is 0 Å². The highest BCUT2D eigenvalue weighted by atomic mass is 16.3. The van der Waals surface area contributed by atoms with Gasteiger partial charge in [0.2, 0.25) is 23.6 Å². The minimum absolute atomic E-state index is 0.0410. The molecule has 0 saturated carbocycles. The van der Waals surface area contributed by atoms with Gasteiger partial charge in [-0.1, -0.05) is 221 Å². The van der Waals surface area contributed by atoms with E-state index in [2.05, 4.69) is 0 Å². The Balaban J connectivity index is 0.000000219. The number of hydrogen-bond donors (Lipinski definition) is 4. The van der Waals surface area contributed by atoms with Crippen molar-refractivity contribution in [3.05, 3.63) is 264 Å². The lowest BCUT2D eigenvalue weighted by atomic mass is 10.0. The predicted molar refractivity (Wildman–Crippen MR) is 420 cm³/mol. The number of aliphatic hydroxyl groups is 4. The molecule has 4 aliphatic rings. The Morgan fingerprint density at radius 3 is 0.971 bits per heavy atom. The van der Waals surface area contributed by atoms with E-state index in [4.69, 9.17) is 60.3 Å². The Labute approximate surface area is 680 Å². The summed E-state index contributed by atoms with van der Waals surface area (Å²) in [6, 6.07) is 15.5. The standard InChI is InChI=1S/4C22H28N2O2/c4*1-2-22(26)24(19-11-7-4-8-12-19)20-13-15-23(16-14-20)17-21(25)18-9-5-3-6-10-18/h4*3-12,20-21,25H,2,13-17H2,1H3/i1D3,4D,7D,8D,11D,12D,17D2,21D;1D3,2D2,4D,7D,8D,11D,12D,21D;1D3,2D2,4D,7D,8D,11D,12D,17D2;1D3,2D2,4D,7D,8D,11D,12D. The number of para-hydroxylation sites is 4. The lowest BCUT2D eigenvalue weighted by Crippen LogP contribution is -2.48. The van der Waals surface area contributed by atoms with Gasteiger partial charge in [-0.25, -0.2) is 0 Å². The third kappa shape index (κ3) is 23.7. The van der Waals surface area contributed by atoms with Crippen LogP contribution in [-0.2, 0) is 19.2 Å². The first-order valence-corrected chi connectivity index (χ1v) is 33.7. The Bertz CT molecular complexity index is 5910. The van der Waals surface area contributed by atoms with Gasteiger partial charge in [0.15, 0.2) is 0 Å². The number of aliphatic hydroxyl groups excluding tert-OH is 2. The molecule has 552 valence electrons. The molecule has 4 unspecified atom stereocenters. The van der Waals surface area contributed by atoms with Crippen molar-refractivity contribution in [1.29, 1.82) is 0 Å². The second-order valence-corrected chi connectivity index (χ2v) is 24.2. The van der Waals surface area contributed by atoms with E-state index in [9.17, 15) is 39.6 Å². The number of nitrogens with zero attached hydrogens (tertiary/aromatic N) is 8. The minimum atomic E-state index is -3.44. The molecule has 4 amide bonds. The number of benzene rings is 8. The summed E-state index contributed by atoms with van der Waals surface area (Å²) in [4.78, 5) is 62.7. The van der Waals surface area contributed by atoms with E-state index >= 15 is 0 Å². The van der Waals surface area contributed by atoms with Gasteiger partial charge in [0, 0.05) is 181 Å². The Morgan fingerprint density at radius 2 is 0.644 bits per heavy atom. The van der Waals surface area contributed by atoms with E-state index in [1.165, 1.54) is 21.9 Å². The number of amides is 4. The second-order valence-electron chi connectivity index (χ2n) is 24.2. The third-order valence-corrected chi connectivity index (χ3v) is 17.6. The molecule has 8 aromatic rings. The number of hydrogen-bond acceptors (Lipinski definition) is 12. The first-order chi connectivity index (χ1) is 68.1. The van der Waals surface area contributed by atoms with Crippen molar-refractivity contribution in [1.82, 2.24) is 19.6 Å². The maximum atomic E-state index is 13.4. The van der Waals surface area contributed by atoms with Crippen LogP contribution in [-0.4, -0.2) is 166 Å². The number of carbonyl (C=O) groups excluding carboxylic acids is 4. The monoisotopic (exact) mass is 1450 g/mol. The normalized spacial score (nSPS) is 24.9. The molecule has 4 saturated heterocycles. The van der Waals surface area contributed by atoms with Crippen LogP contribution in [0.25, 0.3) is 0 Å². The van der Waals surface area contributed by atoms with E-state index in [0.29, 0.717) is 40.6 Å². The van der Waals surface area contributed by atoms with Gasteiger partial charge in [0.1, 0.15) is 0 Å². The van der Waals surface area contributed by atoms with Crippen molar-refractivity contribution in [2.75, 3.05) is 98.0 Å². The van der Waals surface area contributed by atoms with Crippen LogP contribution in [0.2, 0.25) is 0 Å². The molecule has 0 radical (unpaired) electrons. The van der Waals surface area contributed by atoms with Crippen molar-refractivity contribution in [3.63, 3.8) is 0 Å². The fourth-order valence-corrected chi connectivity index (χ4v) is 12.4. The Morgan fingerprint density at radius 1 is 0.365 bits per heavy atom. The number of β-amino-alcohol motifs (C(OH)–C–C–N with tert-alkyl or cyclic N) is 4. The average molecular weight is 1450 g/mol. The molecule has 4 atom stereocenters. The van der Waals surface area contributed by atoms with Gasteiger partial charge in [-0.2, -0.15) is 0 Å². The second kappa shape index (κ2) is 42.3. The highest BCUT2D eigenvalue weighted by molar-refractivity contribution is 5.95. The van der Waals surface area contributed by atoms with Crippen molar-refractivity contribution in [2.24, 2.45) is 0 Å². The first-order valence-electron chi connectivity index (χ1n) is 55.7. The molecule has 4 heterocycles. The highest BCUT2D eigenvalue weighted by Crippen LogP contribution is 2.31. The van der Waals surface area contributed by atoms with E-state index in [0.717, 1.165) is 15.4 Å². The smallest absolute Gasteiger partial charge is 0.226 e. The van der Waals surface area contributed by atoms with Gasteiger partial charge in [-0.05, 0) is 122 Å². The van der Waals surface area contributed by atoms with Crippen LogP contribution in [0.15, 0.2) is 242 Å². The number of rotatable bonds is 24. The molecule has 0 aliphatic carbocycles. The largest absolute Gasteiger partial charge is 0.387 e. The molecule has 0 bridgehead atoms. The quantitative estimate of drug-likeness (QED) is 0.0451. The summed E-state index contributed by atoms with van der Waals surface area (Å²) in [6.45, 7) is -16.4. The summed E-state index contributed by atoms with van der Waals surface area (Å²) >= 11 is 0. The molecule has 0 spiro atoms. The zero-order valence-corrected chi connectivity index (χ0v) is 56.9. The van der Waals surface area contributed by atoms with E-state index in [1.54, 1.807) is 95.9 Å². The number of carbonyl (C=O) groups is 4. The molecule has 12 rings (SSSR count). The van der Waals surface area contributed by atoms with Crippen LogP contribution in [0.4, 0.5) is 22.7 Å². The lowest BCUT2D eigenvalue weighted by Gasteiger charge is -2.39. The minimum Gasteiger partial charge on any atom is -0.387 e. The third-order valence-electron chi connectivity index (χ3n) is 17.6. The fourth-order valence-electron chi connectivity index (χ4n) is 12.4. The van der Waals surface area contributed by atoms with E-state index < -0.39 is 282 Å². The van der Waals surface area contributed by atoms with Crippen LogP contribution in [0.3, 0.4) is 0 Å². The maximum absolute atomic E-state index is 13.4. The summed E-state index contributed by atoms with van der Waals surface area (Å²) < 4.78 is 351. The molecule has 16 nitrogen and oxygen atoms in total. The van der Waals surface area contributed by atoms with Crippen LogP contribution >= 0.6 is 0 Å². The molecular formula is C88H112N8O8. The zero-order valence-electron chi connectivity index (χ0n) is 101. The highest BCUT2D eigenvalue weighted by Gasteiger charge is 2.34. The molecular weight excluding hydrogens is 1300 g/mol. The van der Waals surface area contributed by atoms with Crippen LogP contribution in [0.5, 0.6) is 0 Å². The summed E-state index contributed by atoms with van der Waals surface area (Å²) in [7, 11) is 0. The molecule has 0 aromatic heterocycles. The van der Waals surface area contributed by atoms with Gasteiger partial charge in [-0.3, -0.25) is 19.2 Å². The molecule has 4 fully saturated rings. The zero-order chi connectivity index (χ0) is 112. The topological polar surface area (TPSA) is 175 Å². The van der Waals surface area contributed by atoms with Crippen molar-refractivity contribution >= 4 is 46.4 Å². The Hall–Kier alpha value is -8.68. The number of likely N-dealkylation sites (tertiary alicyclic amines) is 4. The van der Waals surface area contributed by atoms with Gasteiger partial charge < -0.3 is 59.6 Å². The number of anilines is 4. The SMILES string of the molecule is [2H]c1c([2H])c([2H])c(N(C(=O)C([2H])([2H])C([2H])([2H])[2H])C2CCN(C([2H])([2H])C(O)c3ccccc3)CC2)c([2H])c1[2H].[2H]c1c([2H])c([2H])c(N(C(=O)C([2H])([2H])C([2H])([2H])[2H])C2CCN(CC(O)c3ccccc3)CC2)c([2H])c1[2H].[2H]c1c([2H])c([2H])c(N(C(=O)C([2H])([2H])C([2H])([2H])[2H])C2CCN(CC([2H])(O)c3ccccc3)CC2)c([2H])c1[2H].[2H]c1c([2H])c([2H])c(N(C(=O)CC([2H])([2H])[2H])C2CCN(C([2H])([2H])C([2H])(O)c3ccccc3)CC2)c([2H])c1[2H]. The van der Waals surface area contributed by atoms with Gasteiger partial charge >= 0.3 is 0 Å². The Kier molecular flexibility index (Phi) is 15.9. The van der Waals surface area contributed by atoms with Gasteiger partial charge in [0.05, 0.1) is 54.5 Å². The van der Waals surface area contributed by atoms with Crippen molar-refractivity contribution < 1.29 is 99.9 Å². The molecule has 8 aromatic carbocycles. The number of piperidine rings is 4. The molecule has 104 heavy (non-hydrogen) atoms. The van der Waals surface area contributed by atoms with Crippen LogP contribution < -0.4 is 19.6 Å². The summed E-state index contributed by atoms with van der Waals surface area (Å²) in [5, 5.41) is 42.7. The molecule has 16 heteroatoms. The lowest BCUT2D eigenvalue weighted by molar-refractivity contribution is -0.119. The van der Waals surface area contributed by atoms with Gasteiger partial charge in [-0.15, -0.1) is 0 Å². The van der Waals surface area contributed by atoms with E-state index in [-0.39, 0.29) is 103 Å². The van der Waals surface area contributed by atoms with Crippen molar-refractivity contribution in [2.45, 2.75) is 153 Å². The molecule has 4 aliphatic heterocycles. The fraction of sp³-hybridized carbons (Fsp3) is 0.409. The van der Waals surface area contributed by atoms with Gasteiger partial charge in [0.25, 0.3) is 0 Å². The average Bonchev–Trinajstić information content (AvgIpc) is 0.758. The van der Waals surface area contributed by atoms with E-state index in [1.807, 2.05) is 23.1 Å². The summed E-state index contributed by atoms with van der Waals surface area (Å²) in [5.41, 5.74) is -0.661. The van der Waals surface area contributed by atoms with Crippen LogP contribution in [0.1, 0.15) is 211 Å². The maximum Gasteiger partial charge on any atom is 0.226 e. The summed E-state index contributed by atoms with van der Waals surface area (Å²) in [6.07, 6.45) is -17.3. The first kappa shape index (κ1) is 39.1.